The number of ether oxygens (including phenoxy) is 1. The molecule has 0 fully saturated rings. The molecule has 2 rings (SSSR count). The average Bonchev–Trinajstić information content (AvgIpc) is 2.88. The van der Waals surface area contributed by atoms with Gasteiger partial charge in [-0.05, 0) is 30.7 Å². The van der Waals surface area contributed by atoms with Gasteiger partial charge in [-0.2, -0.15) is 0 Å². The van der Waals surface area contributed by atoms with Gasteiger partial charge in [0.2, 0.25) is 0 Å². The monoisotopic (exact) mass is 309 g/mol. The first-order valence-electron chi connectivity index (χ1n) is 6.06. The molecule has 0 radical (unpaired) electrons. The Bertz CT molecular complexity index is 479. The summed E-state index contributed by atoms with van der Waals surface area (Å²) in [6.45, 7) is 2.92. The Morgan fingerprint density at radius 2 is 2.06 bits per heavy atom. The van der Waals surface area contributed by atoms with Gasteiger partial charge in [-0.25, -0.2) is 4.98 Å². The van der Waals surface area contributed by atoms with Gasteiger partial charge < -0.3 is 9.15 Å². The third-order valence-corrected chi connectivity index (χ3v) is 3.18. The third kappa shape index (κ3) is 3.13. The van der Waals surface area contributed by atoms with Crippen molar-refractivity contribution in [2.24, 2.45) is 0 Å². The largest absolute Gasteiger partial charge is 0.494 e. The predicted molar refractivity (Wildman–Crippen MR) is 75.0 cm³/mol. The minimum absolute atomic E-state index is 0.688. The van der Waals surface area contributed by atoms with E-state index >= 15 is 0 Å². The van der Waals surface area contributed by atoms with Crippen molar-refractivity contribution in [2.75, 3.05) is 6.61 Å². The van der Waals surface area contributed by atoms with Crippen LogP contribution in [0.25, 0.3) is 11.3 Å². The Labute approximate surface area is 115 Å². The fourth-order valence-electron chi connectivity index (χ4n) is 1.64. The van der Waals surface area contributed by atoms with Crippen LogP contribution >= 0.6 is 15.9 Å². The van der Waals surface area contributed by atoms with Gasteiger partial charge in [-0.3, -0.25) is 0 Å². The molecule has 1 aromatic carbocycles. The number of hydrogen-bond acceptors (Lipinski definition) is 3. The van der Waals surface area contributed by atoms with Gasteiger partial charge in [0.15, 0.2) is 12.2 Å². The lowest BCUT2D eigenvalue weighted by molar-refractivity contribution is 0.309. The van der Waals surface area contributed by atoms with E-state index in [9.17, 15) is 0 Å². The zero-order valence-electron chi connectivity index (χ0n) is 10.4. The van der Waals surface area contributed by atoms with Crippen LogP contribution in [-0.4, -0.2) is 11.6 Å². The molecule has 96 valence electrons. The average molecular weight is 310 g/mol. The first kappa shape index (κ1) is 13.1. The number of unbranched alkanes of at least 4 members (excludes halogenated alkanes) is 1. The maximum Gasteiger partial charge on any atom is 0.181 e. The molecular weight excluding hydrogens is 294 g/mol. The number of alkyl halides is 1. The van der Waals surface area contributed by atoms with Gasteiger partial charge in [0.1, 0.15) is 5.75 Å². The smallest absolute Gasteiger partial charge is 0.181 e. The number of halogens is 1. The van der Waals surface area contributed by atoms with Gasteiger partial charge in [-0.1, -0.05) is 29.3 Å². The number of aromatic nitrogens is 1. The van der Waals surface area contributed by atoms with Crippen molar-refractivity contribution in [1.29, 1.82) is 0 Å². The second-order valence-electron chi connectivity index (χ2n) is 3.99. The van der Waals surface area contributed by atoms with Crippen molar-refractivity contribution in [3.63, 3.8) is 0 Å². The quantitative estimate of drug-likeness (QED) is 0.585. The van der Waals surface area contributed by atoms with Gasteiger partial charge in [-0.15, -0.1) is 0 Å². The molecule has 1 heterocycles. The molecule has 0 aliphatic heterocycles. The lowest BCUT2D eigenvalue weighted by atomic mass is 10.1. The van der Waals surface area contributed by atoms with Crippen molar-refractivity contribution in [3.8, 4) is 17.1 Å². The molecule has 0 saturated heterocycles. The molecule has 1 aromatic heterocycles. The Kier molecular flexibility index (Phi) is 4.81. The zero-order chi connectivity index (χ0) is 12.8. The van der Waals surface area contributed by atoms with E-state index in [1.807, 2.05) is 24.3 Å². The highest BCUT2D eigenvalue weighted by atomic mass is 79.9. The summed E-state index contributed by atoms with van der Waals surface area (Å²) in [7, 11) is 0. The van der Waals surface area contributed by atoms with E-state index in [0.717, 1.165) is 42.2 Å². The standard InChI is InChI=1S/C14H16BrNO2/c1-2-3-8-17-12-6-4-11(5-7-12)14-13(9-15)16-10-18-14/h4-7,10H,2-3,8-9H2,1H3. The molecule has 0 unspecified atom stereocenters. The highest BCUT2D eigenvalue weighted by molar-refractivity contribution is 9.08. The van der Waals surface area contributed by atoms with Crippen LogP contribution in [0.2, 0.25) is 0 Å². The van der Waals surface area contributed by atoms with Crippen LogP contribution in [0.3, 0.4) is 0 Å². The van der Waals surface area contributed by atoms with Crippen LogP contribution in [0.5, 0.6) is 5.75 Å². The summed E-state index contributed by atoms with van der Waals surface area (Å²) in [5.74, 6) is 1.71. The number of nitrogens with zero attached hydrogens (tertiary/aromatic N) is 1. The number of rotatable bonds is 6. The summed E-state index contributed by atoms with van der Waals surface area (Å²) in [5, 5.41) is 0.688. The van der Waals surface area contributed by atoms with Crippen LogP contribution in [-0.2, 0) is 5.33 Å². The predicted octanol–water partition coefficient (Wildman–Crippen LogP) is 4.42. The maximum absolute atomic E-state index is 5.62. The number of benzene rings is 1. The molecule has 0 saturated carbocycles. The van der Waals surface area contributed by atoms with Crippen molar-refractivity contribution in [1.82, 2.24) is 4.98 Å². The molecule has 18 heavy (non-hydrogen) atoms. The Hall–Kier alpha value is -1.29. The first-order valence-corrected chi connectivity index (χ1v) is 7.19. The van der Waals surface area contributed by atoms with Crippen LogP contribution in [0.4, 0.5) is 0 Å². The van der Waals surface area contributed by atoms with Crippen LogP contribution in [0.1, 0.15) is 25.5 Å². The molecule has 0 spiro atoms. The molecule has 2 aromatic rings. The summed E-state index contributed by atoms with van der Waals surface area (Å²) in [5.41, 5.74) is 1.93. The molecule has 0 amide bonds. The first-order chi connectivity index (χ1) is 8.85. The van der Waals surface area contributed by atoms with Crippen LogP contribution in [0.15, 0.2) is 35.1 Å². The van der Waals surface area contributed by atoms with Gasteiger partial charge >= 0.3 is 0 Å². The molecule has 0 bridgehead atoms. The van der Waals surface area contributed by atoms with Gasteiger partial charge in [0.05, 0.1) is 12.3 Å². The van der Waals surface area contributed by atoms with Crippen molar-refractivity contribution in [2.45, 2.75) is 25.1 Å². The van der Waals surface area contributed by atoms with Crippen LogP contribution in [0, 0.1) is 0 Å². The van der Waals surface area contributed by atoms with Crippen molar-refractivity contribution < 1.29 is 9.15 Å². The second kappa shape index (κ2) is 6.59. The minimum Gasteiger partial charge on any atom is -0.494 e. The summed E-state index contributed by atoms with van der Waals surface area (Å²) in [6.07, 6.45) is 3.69. The Balaban J connectivity index is 2.07. The molecule has 0 N–H and O–H groups in total. The summed E-state index contributed by atoms with van der Waals surface area (Å²) in [6, 6.07) is 7.92. The van der Waals surface area contributed by atoms with Crippen LogP contribution < -0.4 is 4.74 Å². The molecule has 3 nitrogen and oxygen atoms in total. The summed E-state index contributed by atoms with van der Waals surface area (Å²) in [4.78, 5) is 4.15. The highest BCUT2D eigenvalue weighted by Crippen LogP contribution is 2.26. The number of oxazole rings is 1. The van der Waals surface area contributed by atoms with Gasteiger partial charge in [0.25, 0.3) is 0 Å². The normalized spacial score (nSPS) is 10.6. The topological polar surface area (TPSA) is 35.3 Å². The highest BCUT2D eigenvalue weighted by Gasteiger charge is 2.09. The lowest BCUT2D eigenvalue weighted by Gasteiger charge is -2.05. The van der Waals surface area contributed by atoms with Crippen molar-refractivity contribution >= 4 is 15.9 Å². The molecule has 0 aliphatic rings. The lowest BCUT2D eigenvalue weighted by Crippen LogP contribution is -1.95. The Morgan fingerprint density at radius 3 is 2.72 bits per heavy atom. The minimum atomic E-state index is 0.688. The van der Waals surface area contributed by atoms with E-state index in [2.05, 4.69) is 27.8 Å². The number of hydrogen-bond donors (Lipinski definition) is 0. The van der Waals surface area contributed by atoms with E-state index < -0.39 is 0 Å². The van der Waals surface area contributed by atoms with E-state index in [4.69, 9.17) is 9.15 Å². The SMILES string of the molecule is CCCCOc1ccc(-c2ocnc2CBr)cc1. The molecular formula is C14H16BrNO2. The maximum atomic E-state index is 5.62. The fraction of sp³-hybridized carbons (Fsp3) is 0.357. The van der Waals surface area contributed by atoms with E-state index in [0.29, 0.717) is 5.33 Å². The summed E-state index contributed by atoms with van der Waals surface area (Å²) < 4.78 is 11.0. The second-order valence-corrected chi connectivity index (χ2v) is 4.55. The van der Waals surface area contributed by atoms with E-state index in [1.165, 1.54) is 6.39 Å². The zero-order valence-corrected chi connectivity index (χ0v) is 11.9. The van der Waals surface area contributed by atoms with E-state index in [-0.39, 0.29) is 0 Å². The molecule has 4 heteroatoms. The molecule has 0 aliphatic carbocycles. The summed E-state index contributed by atoms with van der Waals surface area (Å²) >= 11 is 3.39. The Morgan fingerprint density at radius 1 is 1.28 bits per heavy atom. The fourth-order valence-corrected chi connectivity index (χ4v) is 2.04. The van der Waals surface area contributed by atoms with Crippen molar-refractivity contribution in [3.05, 3.63) is 36.4 Å². The third-order valence-electron chi connectivity index (χ3n) is 2.65. The van der Waals surface area contributed by atoms with E-state index in [1.54, 1.807) is 0 Å². The van der Waals surface area contributed by atoms with Gasteiger partial charge in [0, 0.05) is 10.9 Å². The molecule has 0 atom stereocenters.